The molecule has 0 fully saturated rings. The van der Waals surface area contributed by atoms with E-state index in [1.165, 1.54) is 11.5 Å². The highest BCUT2D eigenvalue weighted by Crippen LogP contribution is 2.23. The zero-order valence-corrected chi connectivity index (χ0v) is 8.01. The topological polar surface area (TPSA) is 41.6 Å². The number of aromatic amines is 1. The van der Waals surface area contributed by atoms with Gasteiger partial charge in [-0.2, -0.15) is 4.37 Å². The third-order valence-corrected chi connectivity index (χ3v) is 2.74. The molecule has 3 nitrogen and oxygen atoms in total. The van der Waals surface area contributed by atoms with Gasteiger partial charge in [0.2, 0.25) is 0 Å². The zero-order chi connectivity index (χ0) is 9.38. The molecule has 3 rings (SSSR count). The fourth-order valence-corrected chi connectivity index (χ4v) is 1.91. The van der Waals surface area contributed by atoms with Crippen molar-refractivity contribution >= 4 is 22.4 Å². The second-order valence-corrected chi connectivity index (χ2v) is 3.71. The van der Waals surface area contributed by atoms with Gasteiger partial charge in [-0.1, -0.05) is 18.2 Å². The Morgan fingerprint density at radius 1 is 1.43 bits per heavy atom. The molecule has 0 spiro atoms. The minimum absolute atomic E-state index is 0.912. The number of rotatable bonds is 1. The third-order valence-electron chi connectivity index (χ3n) is 2.04. The maximum atomic E-state index is 4.14. The number of fused-ring (bicyclic) bond motifs is 1. The van der Waals surface area contributed by atoms with Gasteiger partial charge in [-0.15, -0.1) is 0 Å². The van der Waals surface area contributed by atoms with Crippen molar-refractivity contribution in [2.24, 2.45) is 0 Å². The molecule has 0 amide bonds. The Balaban J connectivity index is 2.24. The van der Waals surface area contributed by atoms with Crippen LogP contribution in [0.3, 0.4) is 0 Å². The lowest BCUT2D eigenvalue weighted by atomic mass is 10.2. The molecular formula is C10H6N3S. The predicted octanol–water partition coefficient (Wildman–Crippen LogP) is 2.49. The van der Waals surface area contributed by atoms with E-state index in [4.69, 9.17) is 0 Å². The quantitative estimate of drug-likeness (QED) is 0.655. The molecule has 67 valence electrons. The molecule has 1 radical (unpaired) electrons. The summed E-state index contributed by atoms with van der Waals surface area (Å²) in [6, 6.07) is 11.1. The molecule has 4 heteroatoms. The second-order valence-electron chi connectivity index (χ2n) is 2.93. The van der Waals surface area contributed by atoms with Crippen LogP contribution in [0, 0.1) is 6.07 Å². The molecule has 0 aliphatic rings. The van der Waals surface area contributed by atoms with Crippen molar-refractivity contribution in [3.05, 3.63) is 36.7 Å². The molecule has 2 heterocycles. The predicted molar refractivity (Wildman–Crippen MR) is 56.0 cm³/mol. The summed E-state index contributed by atoms with van der Waals surface area (Å²) < 4.78 is 3.97. The van der Waals surface area contributed by atoms with E-state index in [9.17, 15) is 0 Å². The first-order valence-corrected chi connectivity index (χ1v) is 4.97. The zero-order valence-electron chi connectivity index (χ0n) is 7.19. The Hall–Kier alpha value is -1.68. The molecule has 14 heavy (non-hydrogen) atoms. The van der Waals surface area contributed by atoms with Gasteiger partial charge >= 0.3 is 0 Å². The SMILES string of the molecule is [c]1cccc2cc(-c3ncns3)[nH]c12. The minimum Gasteiger partial charge on any atom is -0.352 e. The van der Waals surface area contributed by atoms with E-state index < -0.39 is 0 Å². The van der Waals surface area contributed by atoms with E-state index >= 15 is 0 Å². The molecular weight excluding hydrogens is 194 g/mol. The summed E-state index contributed by atoms with van der Waals surface area (Å²) in [6.45, 7) is 0. The number of nitrogens with one attached hydrogen (secondary N) is 1. The summed E-state index contributed by atoms with van der Waals surface area (Å²) in [5, 5.41) is 2.06. The van der Waals surface area contributed by atoms with Gasteiger partial charge in [0.25, 0.3) is 0 Å². The van der Waals surface area contributed by atoms with Gasteiger partial charge in [0.1, 0.15) is 6.33 Å². The van der Waals surface area contributed by atoms with Gasteiger partial charge in [-0.25, -0.2) is 4.98 Å². The van der Waals surface area contributed by atoms with Crippen molar-refractivity contribution in [3.63, 3.8) is 0 Å². The number of para-hydroxylation sites is 1. The van der Waals surface area contributed by atoms with Crippen LogP contribution in [0.5, 0.6) is 0 Å². The summed E-state index contributed by atoms with van der Waals surface area (Å²) in [6.07, 6.45) is 1.56. The van der Waals surface area contributed by atoms with E-state index in [2.05, 4.69) is 26.5 Å². The first-order valence-electron chi connectivity index (χ1n) is 4.20. The Labute approximate surface area is 84.6 Å². The summed E-state index contributed by atoms with van der Waals surface area (Å²) >= 11 is 1.39. The van der Waals surface area contributed by atoms with E-state index in [1.807, 2.05) is 18.2 Å². The summed E-state index contributed by atoms with van der Waals surface area (Å²) in [7, 11) is 0. The molecule has 2 aromatic heterocycles. The standard InChI is InChI=1S/C10H6N3S/c1-2-4-8-7(3-1)5-9(13-8)10-11-6-12-14-10/h1-3,5-6,13H. The number of benzene rings is 1. The first kappa shape index (κ1) is 7.70. The molecule has 0 aliphatic carbocycles. The highest BCUT2D eigenvalue weighted by Gasteiger charge is 2.04. The monoisotopic (exact) mass is 200 g/mol. The number of H-pyrrole nitrogens is 1. The fraction of sp³-hybridized carbons (Fsp3) is 0. The van der Waals surface area contributed by atoms with E-state index in [-0.39, 0.29) is 0 Å². The normalized spacial score (nSPS) is 10.9. The van der Waals surface area contributed by atoms with Crippen molar-refractivity contribution in [2.45, 2.75) is 0 Å². The molecule has 1 aromatic carbocycles. The smallest absolute Gasteiger partial charge is 0.159 e. The third kappa shape index (κ3) is 1.12. The molecule has 0 bridgehead atoms. The average molecular weight is 200 g/mol. The van der Waals surface area contributed by atoms with Crippen LogP contribution in [-0.2, 0) is 0 Å². The number of aromatic nitrogens is 3. The lowest BCUT2D eigenvalue weighted by Crippen LogP contribution is -1.72. The molecule has 0 unspecified atom stereocenters. The van der Waals surface area contributed by atoms with E-state index in [0.29, 0.717) is 0 Å². The highest BCUT2D eigenvalue weighted by molar-refractivity contribution is 7.09. The van der Waals surface area contributed by atoms with Crippen LogP contribution >= 0.6 is 11.5 Å². The van der Waals surface area contributed by atoms with Crippen LogP contribution in [-0.4, -0.2) is 14.3 Å². The van der Waals surface area contributed by atoms with Crippen molar-refractivity contribution in [1.29, 1.82) is 0 Å². The summed E-state index contributed by atoms with van der Waals surface area (Å²) in [5.41, 5.74) is 2.02. The van der Waals surface area contributed by atoms with Gasteiger partial charge in [0, 0.05) is 11.5 Å². The molecule has 0 atom stereocenters. The number of hydrogen-bond donors (Lipinski definition) is 1. The second kappa shape index (κ2) is 2.92. The van der Waals surface area contributed by atoms with E-state index in [0.717, 1.165) is 21.6 Å². The largest absolute Gasteiger partial charge is 0.352 e. The van der Waals surface area contributed by atoms with Gasteiger partial charge in [-0.3, -0.25) is 0 Å². The van der Waals surface area contributed by atoms with E-state index in [1.54, 1.807) is 6.33 Å². The maximum absolute atomic E-state index is 4.14. The van der Waals surface area contributed by atoms with Crippen LogP contribution in [0.4, 0.5) is 0 Å². The lowest BCUT2D eigenvalue weighted by Gasteiger charge is -1.85. The number of nitrogens with zero attached hydrogens (tertiary/aromatic N) is 2. The highest BCUT2D eigenvalue weighted by atomic mass is 32.1. The molecule has 1 N–H and O–H groups in total. The lowest BCUT2D eigenvalue weighted by molar-refractivity contribution is 1.31. The van der Waals surface area contributed by atoms with Crippen LogP contribution in [0.25, 0.3) is 21.6 Å². The van der Waals surface area contributed by atoms with Gasteiger partial charge < -0.3 is 4.98 Å². The van der Waals surface area contributed by atoms with Crippen molar-refractivity contribution < 1.29 is 0 Å². The Kier molecular flexibility index (Phi) is 1.61. The molecule has 0 saturated heterocycles. The van der Waals surface area contributed by atoms with Gasteiger partial charge in [0.05, 0.1) is 11.2 Å². The van der Waals surface area contributed by atoms with Crippen molar-refractivity contribution in [1.82, 2.24) is 14.3 Å². The molecule has 3 aromatic rings. The Morgan fingerprint density at radius 2 is 2.43 bits per heavy atom. The van der Waals surface area contributed by atoms with Crippen LogP contribution in [0.1, 0.15) is 0 Å². The van der Waals surface area contributed by atoms with Crippen LogP contribution in [0.2, 0.25) is 0 Å². The summed E-state index contributed by atoms with van der Waals surface area (Å²) in [5.74, 6) is 0. The molecule has 0 aliphatic heterocycles. The van der Waals surface area contributed by atoms with Crippen molar-refractivity contribution in [2.75, 3.05) is 0 Å². The Morgan fingerprint density at radius 3 is 3.21 bits per heavy atom. The number of hydrogen-bond acceptors (Lipinski definition) is 3. The van der Waals surface area contributed by atoms with Crippen LogP contribution in [0.15, 0.2) is 30.6 Å². The Bertz CT molecular complexity index is 521. The minimum atomic E-state index is 0.912. The van der Waals surface area contributed by atoms with Gasteiger partial charge in [-0.05, 0) is 17.6 Å². The summed E-state index contributed by atoms with van der Waals surface area (Å²) in [4.78, 5) is 7.39. The van der Waals surface area contributed by atoms with Crippen molar-refractivity contribution in [3.8, 4) is 10.7 Å². The van der Waals surface area contributed by atoms with Crippen LogP contribution < -0.4 is 0 Å². The average Bonchev–Trinajstić information content (AvgIpc) is 2.86. The fourth-order valence-electron chi connectivity index (χ4n) is 1.41. The molecule has 0 saturated carbocycles. The first-order chi connectivity index (χ1) is 6.93. The van der Waals surface area contributed by atoms with Gasteiger partial charge in [0.15, 0.2) is 5.01 Å². The maximum Gasteiger partial charge on any atom is 0.159 e.